The van der Waals surface area contributed by atoms with Crippen LogP contribution in [-0.2, 0) is 25.6 Å². The number of rotatable bonds is 4. The molecule has 0 spiro atoms. The average molecular weight is 263 g/mol. The molecule has 0 aromatic heterocycles. The van der Waals surface area contributed by atoms with Crippen molar-refractivity contribution in [2.45, 2.75) is 19.3 Å². The van der Waals surface area contributed by atoms with Crippen LogP contribution < -0.4 is 4.74 Å². The zero-order chi connectivity index (χ0) is 13.8. The fourth-order valence-electron chi connectivity index (χ4n) is 1.74. The average Bonchev–Trinajstić information content (AvgIpc) is 2.71. The SMILES string of the molecule is COc1cccc(CC(=O)ON2C(=O)CCC2=O)c1. The number of amides is 2. The van der Waals surface area contributed by atoms with Gasteiger partial charge in [-0.15, -0.1) is 5.06 Å². The van der Waals surface area contributed by atoms with Crippen LogP contribution in [0.25, 0.3) is 0 Å². The van der Waals surface area contributed by atoms with E-state index in [0.29, 0.717) is 16.4 Å². The number of nitrogens with zero attached hydrogens (tertiary/aromatic N) is 1. The van der Waals surface area contributed by atoms with Crippen molar-refractivity contribution in [2.75, 3.05) is 7.11 Å². The maximum absolute atomic E-state index is 11.7. The predicted molar refractivity (Wildman–Crippen MR) is 63.9 cm³/mol. The molecular weight excluding hydrogens is 250 g/mol. The van der Waals surface area contributed by atoms with Gasteiger partial charge in [-0.3, -0.25) is 9.59 Å². The monoisotopic (exact) mass is 263 g/mol. The summed E-state index contributed by atoms with van der Waals surface area (Å²) in [5.41, 5.74) is 0.684. The van der Waals surface area contributed by atoms with E-state index in [2.05, 4.69) is 0 Å². The number of carbonyl (C=O) groups excluding carboxylic acids is 3. The Hall–Kier alpha value is -2.37. The first-order valence-corrected chi connectivity index (χ1v) is 5.79. The lowest BCUT2D eigenvalue weighted by Gasteiger charge is -2.12. The van der Waals surface area contributed by atoms with Crippen LogP contribution >= 0.6 is 0 Å². The number of methoxy groups -OCH3 is 1. The van der Waals surface area contributed by atoms with E-state index < -0.39 is 17.8 Å². The summed E-state index contributed by atoms with van der Waals surface area (Å²) in [5.74, 6) is -0.997. The molecule has 0 saturated carbocycles. The highest BCUT2D eigenvalue weighted by Gasteiger charge is 2.32. The van der Waals surface area contributed by atoms with E-state index in [1.165, 1.54) is 7.11 Å². The zero-order valence-corrected chi connectivity index (χ0v) is 10.4. The van der Waals surface area contributed by atoms with Gasteiger partial charge in [0.15, 0.2) is 0 Å². The summed E-state index contributed by atoms with van der Waals surface area (Å²) >= 11 is 0. The number of carbonyl (C=O) groups is 3. The molecule has 1 fully saturated rings. The molecule has 1 saturated heterocycles. The first-order valence-electron chi connectivity index (χ1n) is 5.79. The van der Waals surface area contributed by atoms with Gasteiger partial charge in [0.1, 0.15) is 5.75 Å². The quantitative estimate of drug-likeness (QED) is 0.753. The van der Waals surface area contributed by atoms with Crippen LogP contribution in [0, 0.1) is 0 Å². The Bertz CT molecular complexity index is 510. The first kappa shape index (κ1) is 13.1. The molecule has 1 aromatic rings. The van der Waals surface area contributed by atoms with Crippen LogP contribution in [-0.4, -0.2) is 30.0 Å². The standard InChI is InChI=1S/C13H13NO5/c1-18-10-4-2-3-9(7-10)8-13(17)19-14-11(15)5-6-12(14)16/h2-4,7H,5-6,8H2,1H3. The highest BCUT2D eigenvalue weighted by atomic mass is 16.7. The third-order valence-corrected chi connectivity index (χ3v) is 2.68. The Morgan fingerprint density at radius 3 is 2.58 bits per heavy atom. The molecule has 0 bridgehead atoms. The Morgan fingerprint density at radius 1 is 1.26 bits per heavy atom. The normalized spacial score (nSPS) is 14.7. The second-order valence-electron chi connectivity index (χ2n) is 4.07. The molecule has 0 atom stereocenters. The van der Waals surface area contributed by atoms with Gasteiger partial charge in [0, 0.05) is 12.8 Å². The van der Waals surface area contributed by atoms with Gasteiger partial charge in [0.25, 0.3) is 11.8 Å². The highest BCUT2D eigenvalue weighted by Crippen LogP contribution is 2.15. The van der Waals surface area contributed by atoms with Gasteiger partial charge < -0.3 is 9.57 Å². The number of imide groups is 1. The number of ether oxygens (including phenoxy) is 1. The molecule has 1 aromatic carbocycles. The molecule has 19 heavy (non-hydrogen) atoms. The van der Waals surface area contributed by atoms with Gasteiger partial charge in [0.2, 0.25) is 0 Å². The Labute approximate surface area is 109 Å². The molecule has 2 rings (SSSR count). The van der Waals surface area contributed by atoms with E-state index in [1.807, 2.05) is 0 Å². The van der Waals surface area contributed by atoms with E-state index in [-0.39, 0.29) is 19.3 Å². The van der Waals surface area contributed by atoms with Crippen molar-refractivity contribution in [1.82, 2.24) is 5.06 Å². The summed E-state index contributed by atoms with van der Waals surface area (Å²) in [6, 6.07) is 6.92. The van der Waals surface area contributed by atoms with Crippen molar-refractivity contribution >= 4 is 17.8 Å². The van der Waals surface area contributed by atoms with Gasteiger partial charge in [-0.1, -0.05) is 12.1 Å². The predicted octanol–water partition coefficient (Wildman–Crippen LogP) is 0.845. The lowest BCUT2D eigenvalue weighted by molar-refractivity contribution is -0.197. The number of hydrogen-bond acceptors (Lipinski definition) is 5. The molecule has 0 N–H and O–H groups in total. The minimum absolute atomic E-state index is 0.0335. The van der Waals surface area contributed by atoms with Crippen molar-refractivity contribution in [2.24, 2.45) is 0 Å². The zero-order valence-electron chi connectivity index (χ0n) is 10.4. The van der Waals surface area contributed by atoms with Crippen LogP contribution in [0.5, 0.6) is 5.75 Å². The third kappa shape index (κ3) is 3.09. The molecule has 2 amide bonds. The molecule has 1 aliphatic heterocycles. The molecule has 0 unspecified atom stereocenters. The van der Waals surface area contributed by atoms with Crippen molar-refractivity contribution in [3.63, 3.8) is 0 Å². The molecule has 0 radical (unpaired) electrons. The number of hydroxylamine groups is 2. The van der Waals surface area contributed by atoms with E-state index in [1.54, 1.807) is 24.3 Å². The molecule has 6 heteroatoms. The van der Waals surface area contributed by atoms with E-state index in [9.17, 15) is 14.4 Å². The maximum atomic E-state index is 11.7. The minimum atomic E-state index is -0.656. The molecule has 0 aliphatic carbocycles. The van der Waals surface area contributed by atoms with E-state index in [4.69, 9.17) is 9.57 Å². The lowest BCUT2D eigenvalue weighted by atomic mass is 10.1. The Balaban J connectivity index is 1.97. The van der Waals surface area contributed by atoms with E-state index in [0.717, 1.165) is 0 Å². The number of hydrogen-bond donors (Lipinski definition) is 0. The smallest absolute Gasteiger partial charge is 0.337 e. The maximum Gasteiger partial charge on any atom is 0.337 e. The van der Waals surface area contributed by atoms with Crippen molar-refractivity contribution in [3.05, 3.63) is 29.8 Å². The minimum Gasteiger partial charge on any atom is -0.497 e. The lowest BCUT2D eigenvalue weighted by Crippen LogP contribution is -2.32. The van der Waals surface area contributed by atoms with Crippen LogP contribution in [0.2, 0.25) is 0 Å². The van der Waals surface area contributed by atoms with Gasteiger partial charge in [-0.2, -0.15) is 0 Å². The van der Waals surface area contributed by atoms with Crippen molar-refractivity contribution < 1.29 is 24.0 Å². The van der Waals surface area contributed by atoms with Gasteiger partial charge in [-0.05, 0) is 17.7 Å². The van der Waals surface area contributed by atoms with Gasteiger partial charge >= 0.3 is 5.97 Å². The number of benzene rings is 1. The van der Waals surface area contributed by atoms with Crippen LogP contribution in [0.1, 0.15) is 18.4 Å². The van der Waals surface area contributed by atoms with Gasteiger partial charge in [-0.25, -0.2) is 4.79 Å². The molecule has 1 heterocycles. The van der Waals surface area contributed by atoms with Crippen molar-refractivity contribution in [1.29, 1.82) is 0 Å². The topological polar surface area (TPSA) is 72.9 Å². The second-order valence-corrected chi connectivity index (χ2v) is 4.07. The van der Waals surface area contributed by atoms with Crippen LogP contribution in [0.15, 0.2) is 24.3 Å². The molecule has 1 aliphatic rings. The summed E-state index contributed by atoms with van der Waals surface area (Å²) in [4.78, 5) is 39.0. The van der Waals surface area contributed by atoms with Crippen molar-refractivity contribution in [3.8, 4) is 5.75 Å². The first-order chi connectivity index (χ1) is 9.10. The fourth-order valence-corrected chi connectivity index (χ4v) is 1.74. The van der Waals surface area contributed by atoms with Gasteiger partial charge in [0.05, 0.1) is 13.5 Å². The third-order valence-electron chi connectivity index (χ3n) is 2.68. The summed E-state index contributed by atoms with van der Waals surface area (Å²) in [6.45, 7) is 0. The largest absolute Gasteiger partial charge is 0.497 e. The highest BCUT2D eigenvalue weighted by molar-refractivity contribution is 6.01. The van der Waals surface area contributed by atoms with E-state index >= 15 is 0 Å². The Kier molecular flexibility index (Phi) is 3.79. The van der Waals surface area contributed by atoms with Crippen LogP contribution in [0.3, 0.4) is 0 Å². The van der Waals surface area contributed by atoms with Crippen LogP contribution in [0.4, 0.5) is 0 Å². The summed E-state index contributed by atoms with van der Waals surface area (Å²) in [7, 11) is 1.53. The summed E-state index contributed by atoms with van der Waals surface area (Å²) in [6.07, 6.45) is 0.144. The summed E-state index contributed by atoms with van der Waals surface area (Å²) in [5, 5.41) is 0.544. The molecular formula is C13H13NO5. The Morgan fingerprint density at radius 2 is 1.95 bits per heavy atom. The molecule has 100 valence electrons. The summed E-state index contributed by atoms with van der Waals surface area (Å²) < 4.78 is 5.03. The fraction of sp³-hybridized carbons (Fsp3) is 0.308. The molecule has 6 nitrogen and oxygen atoms in total. The second kappa shape index (κ2) is 5.51.